The summed E-state index contributed by atoms with van der Waals surface area (Å²) in [5, 5.41) is 3.50. The van der Waals surface area contributed by atoms with Crippen molar-refractivity contribution in [1.82, 2.24) is 24.7 Å². The minimum atomic E-state index is 0. The fraction of sp³-hybridized carbons (Fsp3) is 0.429. The zero-order valence-corrected chi connectivity index (χ0v) is 13.4. The van der Waals surface area contributed by atoms with Gasteiger partial charge in [0.1, 0.15) is 0 Å². The van der Waals surface area contributed by atoms with Gasteiger partial charge in [-0.2, -0.15) is 0 Å². The Labute approximate surface area is 135 Å². The van der Waals surface area contributed by atoms with Gasteiger partial charge in [0.05, 0.1) is 11.7 Å². The van der Waals surface area contributed by atoms with Crippen molar-refractivity contribution in [3.8, 4) is 0 Å². The Balaban J connectivity index is 0.000000807. The van der Waals surface area contributed by atoms with Crippen LogP contribution in [-0.2, 0) is 0 Å². The zero-order chi connectivity index (χ0) is 12.8. The number of nitrogens with one attached hydrogen (secondary N) is 2. The minimum absolute atomic E-state index is 0. The fourth-order valence-electron chi connectivity index (χ4n) is 3.26. The number of aromatic amines is 1. The fourth-order valence-corrected chi connectivity index (χ4v) is 3.26. The summed E-state index contributed by atoms with van der Waals surface area (Å²) in [5.41, 5.74) is 4.28. The summed E-state index contributed by atoms with van der Waals surface area (Å²) < 4.78 is 2.25. The Bertz CT molecular complexity index is 735. The third-order valence-corrected chi connectivity index (χ3v) is 4.31. The molecule has 114 valence electrons. The van der Waals surface area contributed by atoms with Gasteiger partial charge in [0.2, 0.25) is 0 Å². The minimum Gasteiger partial charge on any atom is -0.345 e. The topological polar surface area (TPSA) is 58.0 Å². The van der Waals surface area contributed by atoms with Crippen LogP contribution >= 0.6 is 24.8 Å². The summed E-state index contributed by atoms with van der Waals surface area (Å²) in [4.78, 5) is 12.1. The molecule has 2 atom stereocenters. The van der Waals surface area contributed by atoms with E-state index in [0.717, 1.165) is 29.9 Å². The van der Waals surface area contributed by atoms with Crippen molar-refractivity contribution >= 4 is 41.6 Å². The van der Waals surface area contributed by atoms with Crippen molar-refractivity contribution in [2.45, 2.75) is 19.3 Å². The number of H-pyrrole nitrogens is 1. The van der Waals surface area contributed by atoms with Gasteiger partial charge in [0.25, 0.3) is 0 Å². The maximum Gasteiger partial charge on any atom is 0.156 e. The molecule has 0 unspecified atom stereocenters. The maximum absolute atomic E-state index is 4.52. The van der Waals surface area contributed by atoms with Gasteiger partial charge in [-0.25, -0.2) is 9.97 Å². The quantitative estimate of drug-likeness (QED) is 0.760. The summed E-state index contributed by atoms with van der Waals surface area (Å²) in [5.74, 6) is 1.24. The van der Waals surface area contributed by atoms with Crippen LogP contribution < -0.4 is 5.32 Å². The molecule has 0 bridgehead atoms. The Morgan fingerprint density at radius 1 is 1.24 bits per heavy atom. The molecule has 1 saturated heterocycles. The Morgan fingerprint density at radius 2 is 2.10 bits per heavy atom. The molecule has 0 amide bonds. The van der Waals surface area contributed by atoms with Gasteiger partial charge in [0.15, 0.2) is 11.3 Å². The first-order chi connectivity index (χ1) is 9.38. The molecular weight excluding hydrogens is 309 g/mol. The first kappa shape index (κ1) is 16.1. The van der Waals surface area contributed by atoms with Gasteiger partial charge in [-0.05, 0) is 18.5 Å². The van der Waals surface area contributed by atoms with Crippen LogP contribution in [0.3, 0.4) is 0 Å². The van der Waals surface area contributed by atoms with E-state index >= 15 is 0 Å². The highest BCUT2D eigenvalue weighted by Gasteiger charge is 2.29. The Morgan fingerprint density at radius 3 is 2.90 bits per heavy atom. The molecule has 0 aromatic carbocycles. The molecule has 7 heteroatoms. The van der Waals surface area contributed by atoms with Crippen molar-refractivity contribution in [3.63, 3.8) is 0 Å². The van der Waals surface area contributed by atoms with Gasteiger partial charge >= 0.3 is 0 Å². The Hall–Kier alpha value is -1.30. The van der Waals surface area contributed by atoms with Gasteiger partial charge in [0, 0.05) is 30.6 Å². The molecule has 1 fully saturated rings. The van der Waals surface area contributed by atoms with Gasteiger partial charge in [-0.15, -0.1) is 24.8 Å². The highest BCUT2D eigenvalue weighted by atomic mass is 35.5. The van der Waals surface area contributed by atoms with E-state index in [1.165, 1.54) is 12.1 Å². The summed E-state index contributed by atoms with van der Waals surface area (Å²) in [6.07, 6.45) is 6.99. The van der Waals surface area contributed by atoms with Crippen LogP contribution in [0, 0.1) is 5.92 Å². The maximum atomic E-state index is 4.52. The zero-order valence-electron chi connectivity index (χ0n) is 11.7. The molecule has 3 aromatic rings. The van der Waals surface area contributed by atoms with Crippen LogP contribution in [-0.4, -0.2) is 32.4 Å². The van der Waals surface area contributed by atoms with Gasteiger partial charge < -0.3 is 10.3 Å². The summed E-state index contributed by atoms with van der Waals surface area (Å²) in [6, 6.07) is 2.07. The number of hydrogen-bond donors (Lipinski definition) is 2. The van der Waals surface area contributed by atoms with Crippen LogP contribution in [0.15, 0.2) is 24.7 Å². The van der Waals surface area contributed by atoms with Crippen molar-refractivity contribution < 1.29 is 0 Å². The highest BCUT2D eigenvalue weighted by molar-refractivity contribution is 5.85. The standard InChI is InChI=1S/C14H17N5.2ClH/c1-2-9-5-15-6-10(9)12-7-17-13-8-18-14-11(19(12)13)3-4-16-14;;/h3-4,7-10,15-16H,2,5-6H2,1H3;2*1H/t9-,10+;;/m0../s1. The van der Waals surface area contributed by atoms with E-state index in [4.69, 9.17) is 0 Å². The summed E-state index contributed by atoms with van der Waals surface area (Å²) in [6.45, 7) is 4.41. The summed E-state index contributed by atoms with van der Waals surface area (Å²) >= 11 is 0. The third-order valence-electron chi connectivity index (χ3n) is 4.31. The molecule has 4 rings (SSSR count). The first-order valence-electron chi connectivity index (χ1n) is 6.88. The molecule has 21 heavy (non-hydrogen) atoms. The second kappa shape index (κ2) is 6.22. The largest absolute Gasteiger partial charge is 0.345 e. The van der Waals surface area contributed by atoms with Crippen molar-refractivity contribution in [2.75, 3.05) is 13.1 Å². The number of nitrogens with zero attached hydrogens (tertiary/aromatic N) is 3. The second-order valence-electron chi connectivity index (χ2n) is 5.28. The SMILES string of the molecule is CC[C@H]1CNC[C@H]1c1cnc2cnc3[nH]ccc3n12.Cl.Cl. The Kier molecular flexibility index (Phi) is 4.76. The number of imidazole rings is 1. The lowest BCUT2D eigenvalue weighted by atomic mass is 9.91. The molecule has 1 aliphatic rings. The highest BCUT2D eigenvalue weighted by Crippen LogP contribution is 2.31. The van der Waals surface area contributed by atoms with Crippen molar-refractivity contribution in [3.05, 3.63) is 30.4 Å². The molecular formula is C14H19Cl2N5. The first-order valence-corrected chi connectivity index (χ1v) is 6.88. The predicted molar refractivity (Wildman–Crippen MR) is 88.7 cm³/mol. The van der Waals surface area contributed by atoms with E-state index in [0.29, 0.717) is 11.8 Å². The van der Waals surface area contributed by atoms with Crippen LogP contribution in [0.4, 0.5) is 0 Å². The van der Waals surface area contributed by atoms with Crippen LogP contribution in [0.25, 0.3) is 16.8 Å². The molecule has 1 aliphatic heterocycles. The molecule has 0 aliphatic carbocycles. The molecule has 0 saturated carbocycles. The normalized spacial score (nSPS) is 21.4. The average molecular weight is 328 g/mol. The lowest BCUT2D eigenvalue weighted by Crippen LogP contribution is -2.12. The molecule has 3 aromatic heterocycles. The van der Waals surface area contributed by atoms with E-state index in [1.807, 2.05) is 18.6 Å². The molecule has 2 N–H and O–H groups in total. The molecule has 4 heterocycles. The number of hydrogen-bond acceptors (Lipinski definition) is 3. The number of halogens is 2. The number of fused-ring (bicyclic) bond motifs is 3. The number of aromatic nitrogens is 4. The van der Waals surface area contributed by atoms with Crippen LogP contribution in [0.5, 0.6) is 0 Å². The van der Waals surface area contributed by atoms with E-state index < -0.39 is 0 Å². The number of rotatable bonds is 2. The van der Waals surface area contributed by atoms with E-state index in [2.05, 4.69) is 37.7 Å². The van der Waals surface area contributed by atoms with E-state index in [-0.39, 0.29) is 24.8 Å². The molecule has 5 nitrogen and oxygen atoms in total. The van der Waals surface area contributed by atoms with E-state index in [1.54, 1.807) is 0 Å². The summed E-state index contributed by atoms with van der Waals surface area (Å²) in [7, 11) is 0. The molecule has 0 spiro atoms. The third kappa shape index (κ3) is 2.39. The van der Waals surface area contributed by atoms with Gasteiger partial charge in [-0.1, -0.05) is 13.3 Å². The van der Waals surface area contributed by atoms with E-state index in [9.17, 15) is 0 Å². The lowest BCUT2D eigenvalue weighted by Gasteiger charge is -2.16. The van der Waals surface area contributed by atoms with Gasteiger partial charge in [-0.3, -0.25) is 4.40 Å². The second-order valence-corrected chi connectivity index (χ2v) is 5.28. The van der Waals surface area contributed by atoms with Crippen molar-refractivity contribution in [1.29, 1.82) is 0 Å². The smallest absolute Gasteiger partial charge is 0.156 e. The monoisotopic (exact) mass is 327 g/mol. The predicted octanol–water partition coefficient (Wildman–Crippen LogP) is 2.77. The van der Waals surface area contributed by atoms with Crippen LogP contribution in [0.2, 0.25) is 0 Å². The lowest BCUT2D eigenvalue weighted by molar-refractivity contribution is 0.493. The average Bonchev–Trinajstić information content (AvgIpc) is 3.15. The molecule has 0 radical (unpaired) electrons. The van der Waals surface area contributed by atoms with Crippen LogP contribution in [0.1, 0.15) is 25.0 Å². The van der Waals surface area contributed by atoms with Crippen molar-refractivity contribution in [2.24, 2.45) is 5.92 Å².